The smallest absolute Gasteiger partial charge is 0.217 e. The molecule has 0 heterocycles. The highest BCUT2D eigenvalue weighted by molar-refractivity contribution is 5.73. The molecule has 0 aromatic carbocycles. The maximum absolute atomic E-state index is 10.7. The van der Waals surface area contributed by atoms with Crippen LogP contribution in [0.4, 0.5) is 0 Å². The van der Waals surface area contributed by atoms with Crippen molar-refractivity contribution in [2.75, 3.05) is 6.54 Å². The van der Waals surface area contributed by atoms with Crippen LogP contribution < -0.4 is 11.1 Å². The van der Waals surface area contributed by atoms with Crippen LogP contribution in [-0.4, -0.2) is 18.5 Å². The molecule has 0 aromatic rings. The minimum absolute atomic E-state index is 0.0182. The Kier molecular flexibility index (Phi) is 3.52. The van der Waals surface area contributed by atoms with Crippen molar-refractivity contribution in [2.45, 2.75) is 33.7 Å². The molecule has 1 amide bonds. The van der Waals surface area contributed by atoms with Crippen molar-refractivity contribution in [3.63, 3.8) is 0 Å². The zero-order valence-corrected chi connectivity index (χ0v) is 7.77. The largest absolute Gasteiger partial charge is 0.352 e. The monoisotopic (exact) mass is 158 g/mol. The molecule has 0 rings (SSSR count). The van der Waals surface area contributed by atoms with Crippen LogP contribution in [0.3, 0.4) is 0 Å². The van der Waals surface area contributed by atoms with E-state index in [4.69, 9.17) is 5.73 Å². The van der Waals surface area contributed by atoms with Gasteiger partial charge < -0.3 is 11.1 Å². The molecule has 66 valence electrons. The summed E-state index contributed by atoms with van der Waals surface area (Å²) in [7, 11) is 0. The zero-order chi connectivity index (χ0) is 9.07. The summed E-state index contributed by atoms with van der Waals surface area (Å²) < 4.78 is 0. The van der Waals surface area contributed by atoms with Gasteiger partial charge in [-0.15, -0.1) is 0 Å². The molecule has 3 heteroatoms. The third-order valence-electron chi connectivity index (χ3n) is 1.66. The number of nitrogens with two attached hydrogens (primary N) is 1. The summed E-state index contributed by atoms with van der Waals surface area (Å²) in [5, 5.41) is 2.81. The third-order valence-corrected chi connectivity index (χ3v) is 1.66. The van der Waals surface area contributed by atoms with Crippen LogP contribution in [0.1, 0.15) is 27.7 Å². The Bertz CT molecular complexity index is 138. The van der Waals surface area contributed by atoms with E-state index in [2.05, 4.69) is 26.1 Å². The summed E-state index contributed by atoms with van der Waals surface area (Å²) in [6, 6.07) is 0.0694. The lowest BCUT2D eigenvalue weighted by Crippen LogP contribution is -2.47. The minimum Gasteiger partial charge on any atom is -0.352 e. The fourth-order valence-electron chi connectivity index (χ4n) is 0.874. The predicted octanol–water partition coefficient (Wildman–Crippen LogP) is 0.496. The fraction of sp³-hybridized carbons (Fsp3) is 0.875. The maximum Gasteiger partial charge on any atom is 0.217 e. The van der Waals surface area contributed by atoms with Gasteiger partial charge in [-0.2, -0.15) is 0 Å². The van der Waals surface area contributed by atoms with E-state index in [0.717, 1.165) is 0 Å². The van der Waals surface area contributed by atoms with E-state index < -0.39 is 0 Å². The van der Waals surface area contributed by atoms with Gasteiger partial charge >= 0.3 is 0 Å². The molecule has 0 bridgehead atoms. The van der Waals surface area contributed by atoms with Crippen LogP contribution in [0.15, 0.2) is 0 Å². The van der Waals surface area contributed by atoms with Crippen LogP contribution in [0.2, 0.25) is 0 Å². The van der Waals surface area contributed by atoms with Gasteiger partial charge in [0.05, 0.1) is 0 Å². The number of rotatable bonds is 2. The molecule has 0 saturated heterocycles. The van der Waals surface area contributed by atoms with Crippen molar-refractivity contribution in [1.82, 2.24) is 5.32 Å². The lowest BCUT2D eigenvalue weighted by molar-refractivity contribution is -0.120. The van der Waals surface area contributed by atoms with Crippen LogP contribution in [0.5, 0.6) is 0 Å². The van der Waals surface area contributed by atoms with Crippen molar-refractivity contribution in [3.8, 4) is 0 Å². The fourth-order valence-corrected chi connectivity index (χ4v) is 0.874. The van der Waals surface area contributed by atoms with E-state index >= 15 is 0 Å². The SMILES string of the molecule is CC(=O)NC(CN)C(C)(C)C. The first-order valence-electron chi connectivity index (χ1n) is 3.85. The van der Waals surface area contributed by atoms with E-state index in [-0.39, 0.29) is 17.4 Å². The summed E-state index contributed by atoms with van der Waals surface area (Å²) in [6.45, 7) is 8.17. The Morgan fingerprint density at radius 1 is 1.55 bits per heavy atom. The zero-order valence-electron chi connectivity index (χ0n) is 7.77. The Morgan fingerprint density at radius 3 is 2.09 bits per heavy atom. The molecular formula is C8H18N2O. The molecule has 3 N–H and O–H groups in total. The van der Waals surface area contributed by atoms with Gasteiger partial charge in [0.2, 0.25) is 5.91 Å². The highest BCUT2D eigenvalue weighted by Gasteiger charge is 2.23. The van der Waals surface area contributed by atoms with E-state index in [1.165, 1.54) is 6.92 Å². The van der Waals surface area contributed by atoms with Crippen molar-refractivity contribution < 1.29 is 4.79 Å². The summed E-state index contributed by atoms with van der Waals surface area (Å²) in [6.07, 6.45) is 0. The second kappa shape index (κ2) is 3.72. The van der Waals surface area contributed by atoms with E-state index in [9.17, 15) is 4.79 Å². The average molecular weight is 158 g/mol. The molecule has 0 radical (unpaired) electrons. The highest BCUT2D eigenvalue weighted by Crippen LogP contribution is 2.17. The molecule has 0 aliphatic heterocycles. The normalized spacial score (nSPS) is 14.3. The van der Waals surface area contributed by atoms with E-state index in [1.54, 1.807) is 0 Å². The Balaban J connectivity index is 4.07. The summed E-state index contributed by atoms with van der Waals surface area (Å²) in [5.74, 6) is -0.0182. The molecule has 0 aromatic heterocycles. The van der Waals surface area contributed by atoms with Crippen molar-refractivity contribution in [3.05, 3.63) is 0 Å². The van der Waals surface area contributed by atoms with Gasteiger partial charge in [-0.3, -0.25) is 4.79 Å². The number of amides is 1. The molecule has 11 heavy (non-hydrogen) atoms. The number of nitrogens with one attached hydrogen (secondary N) is 1. The third kappa shape index (κ3) is 3.98. The Hall–Kier alpha value is -0.570. The van der Waals surface area contributed by atoms with Crippen molar-refractivity contribution in [2.24, 2.45) is 11.1 Å². The molecule has 1 atom stereocenters. The summed E-state index contributed by atoms with van der Waals surface area (Å²) in [4.78, 5) is 10.7. The topological polar surface area (TPSA) is 55.1 Å². The molecule has 0 fully saturated rings. The molecule has 0 saturated carbocycles. The van der Waals surface area contributed by atoms with Crippen molar-refractivity contribution in [1.29, 1.82) is 0 Å². The first-order valence-corrected chi connectivity index (χ1v) is 3.85. The van der Waals surface area contributed by atoms with E-state index in [1.807, 2.05) is 0 Å². The predicted molar refractivity (Wildman–Crippen MR) is 46.1 cm³/mol. The van der Waals surface area contributed by atoms with Crippen LogP contribution in [0.25, 0.3) is 0 Å². The van der Waals surface area contributed by atoms with Gasteiger partial charge in [0.1, 0.15) is 0 Å². The lowest BCUT2D eigenvalue weighted by atomic mass is 9.87. The van der Waals surface area contributed by atoms with Crippen molar-refractivity contribution >= 4 is 5.91 Å². The number of carbonyl (C=O) groups is 1. The first kappa shape index (κ1) is 10.4. The highest BCUT2D eigenvalue weighted by atomic mass is 16.1. The van der Waals surface area contributed by atoms with Crippen LogP contribution in [0, 0.1) is 5.41 Å². The quantitative estimate of drug-likeness (QED) is 0.614. The second-order valence-electron chi connectivity index (χ2n) is 3.85. The molecule has 3 nitrogen and oxygen atoms in total. The molecule has 0 spiro atoms. The standard InChI is InChI=1S/C8H18N2O/c1-6(11)10-7(5-9)8(2,3)4/h7H,5,9H2,1-4H3,(H,10,11). The van der Waals surface area contributed by atoms with Gasteiger partial charge in [-0.05, 0) is 5.41 Å². The average Bonchev–Trinajstić information content (AvgIpc) is 1.79. The molecule has 0 aliphatic carbocycles. The minimum atomic E-state index is -0.0182. The molecular weight excluding hydrogens is 140 g/mol. The number of hydrogen-bond acceptors (Lipinski definition) is 2. The summed E-state index contributed by atoms with van der Waals surface area (Å²) in [5.41, 5.74) is 5.53. The van der Waals surface area contributed by atoms with Gasteiger partial charge in [0, 0.05) is 19.5 Å². The Labute approximate surface area is 68.3 Å². The van der Waals surface area contributed by atoms with Gasteiger partial charge in [0.15, 0.2) is 0 Å². The van der Waals surface area contributed by atoms with Crippen LogP contribution >= 0.6 is 0 Å². The van der Waals surface area contributed by atoms with Gasteiger partial charge in [0.25, 0.3) is 0 Å². The van der Waals surface area contributed by atoms with Gasteiger partial charge in [-0.1, -0.05) is 20.8 Å². The van der Waals surface area contributed by atoms with Gasteiger partial charge in [-0.25, -0.2) is 0 Å². The summed E-state index contributed by atoms with van der Waals surface area (Å²) >= 11 is 0. The molecule has 1 unspecified atom stereocenters. The Morgan fingerprint density at radius 2 is 2.00 bits per heavy atom. The molecule has 0 aliphatic rings. The van der Waals surface area contributed by atoms with E-state index in [0.29, 0.717) is 6.54 Å². The maximum atomic E-state index is 10.7. The lowest BCUT2D eigenvalue weighted by Gasteiger charge is -2.29. The number of carbonyl (C=O) groups excluding carboxylic acids is 1. The number of hydrogen-bond donors (Lipinski definition) is 2. The first-order chi connectivity index (χ1) is 4.88. The second-order valence-corrected chi connectivity index (χ2v) is 3.85. The van der Waals surface area contributed by atoms with Crippen LogP contribution in [-0.2, 0) is 4.79 Å².